The van der Waals surface area contributed by atoms with Gasteiger partial charge in [-0.15, -0.1) is 0 Å². The molecule has 0 aromatic carbocycles. The first-order valence-electron chi connectivity index (χ1n) is 3.30. The van der Waals surface area contributed by atoms with E-state index in [0.29, 0.717) is 12.5 Å². The molecule has 0 aromatic heterocycles. The molecule has 0 spiro atoms. The zero-order chi connectivity index (χ0) is 7.28. The van der Waals surface area contributed by atoms with Gasteiger partial charge in [0, 0.05) is 0 Å². The number of ether oxygens (including phenoxy) is 1. The molecule has 0 aliphatic carbocycles. The van der Waals surface area contributed by atoms with E-state index in [4.69, 9.17) is 10.5 Å². The van der Waals surface area contributed by atoms with E-state index in [0.717, 1.165) is 12.0 Å². The lowest BCUT2D eigenvalue weighted by Gasteiger charge is -2.04. The molecule has 0 aliphatic rings. The summed E-state index contributed by atoms with van der Waals surface area (Å²) in [5.74, 6) is 0.583. The molecule has 0 bridgehead atoms. The smallest absolute Gasteiger partial charge is 0.182 e. The fourth-order valence-electron chi connectivity index (χ4n) is 0.453. The molecule has 2 heteroatoms. The minimum absolute atomic E-state index is 0.583. The number of hydrogen-bond donors (Lipinski definition) is 1. The molecule has 0 aliphatic heterocycles. The van der Waals surface area contributed by atoms with Gasteiger partial charge in [0.2, 0.25) is 0 Å². The van der Waals surface area contributed by atoms with Crippen LogP contribution in [0, 0.1) is 0 Å². The summed E-state index contributed by atoms with van der Waals surface area (Å²) in [6.07, 6.45) is 0.964. The van der Waals surface area contributed by atoms with Crippen molar-refractivity contribution in [2.24, 2.45) is 5.73 Å². The Bertz CT molecular complexity index is 107. The third-order valence-corrected chi connectivity index (χ3v) is 1.25. The minimum Gasteiger partial charge on any atom is -0.480 e. The molecule has 2 nitrogen and oxygen atoms in total. The highest BCUT2D eigenvalue weighted by molar-refractivity contribution is 5.00. The average Bonchev–Trinajstić information content (AvgIpc) is 1.87. The van der Waals surface area contributed by atoms with Gasteiger partial charge in [0.05, 0.1) is 6.61 Å². The maximum atomic E-state index is 5.50. The van der Waals surface area contributed by atoms with Crippen LogP contribution < -0.4 is 5.73 Å². The molecule has 0 fully saturated rings. The van der Waals surface area contributed by atoms with E-state index in [1.807, 2.05) is 13.8 Å². The van der Waals surface area contributed by atoms with Crippen LogP contribution in [-0.4, -0.2) is 6.61 Å². The van der Waals surface area contributed by atoms with Crippen LogP contribution in [0.1, 0.15) is 27.2 Å². The Kier molecular flexibility index (Phi) is 3.93. The van der Waals surface area contributed by atoms with Crippen LogP contribution in [0.15, 0.2) is 11.5 Å². The average molecular weight is 129 g/mol. The second kappa shape index (κ2) is 4.24. The fourth-order valence-corrected chi connectivity index (χ4v) is 0.453. The highest BCUT2D eigenvalue weighted by Gasteiger charge is 1.92. The molecule has 0 saturated heterocycles. The van der Waals surface area contributed by atoms with Gasteiger partial charge in [0.15, 0.2) is 5.88 Å². The topological polar surface area (TPSA) is 35.2 Å². The Morgan fingerprint density at radius 1 is 1.44 bits per heavy atom. The van der Waals surface area contributed by atoms with Crippen molar-refractivity contribution in [2.45, 2.75) is 27.2 Å². The van der Waals surface area contributed by atoms with E-state index in [2.05, 4.69) is 6.92 Å². The summed E-state index contributed by atoms with van der Waals surface area (Å²) < 4.78 is 5.05. The van der Waals surface area contributed by atoms with Crippen LogP contribution in [0.5, 0.6) is 0 Å². The normalized spacial score (nSPS) is 12.8. The number of nitrogens with two attached hydrogens (primary N) is 1. The van der Waals surface area contributed by atoms with E-state index in [9.17, 15) is 0 Å². The number of rotatable bonds is 3. The van der Waals surface area contributed by atoms with Crippen LogP contribution in [0.2, 0.25) is 0 Å². The first kappa shape index (κ1) is 8.34. The molecule has 2 N–H and O–H groups in total. The highest BCUT2D eigenvalue weighted by Crippen LogP contribution is 2.02. The summed E-state index contributed by atoms with van der Waals surface area (Å²) in [6.45, 7) is 6.62. The van der Waals surface area contributed by atoms with Gasteiger partial charge in [-0.2, -0.15) is 0 Å². The molecule has 0 unspecified atom stereocenters. The predicted octanol–water partition coefficient (Wildman–Crippen LogP) is 1.62. The molecule has 0 saturated carbocycles. The lowest BCUT2D eigenvalue weighted by atomic mass is 10.2. The van der Waals surface area contributed by atoms with E-state index < -0.39 is 0 Å². The molecule has 0 atom stereocenters. The zero-order valence-corrected chi connectivity index (χ0v) is 6.40. The molecule has 54 valence electrons. The molecular weight excluding hydrogens is 114 g/mol. The van der Waals surface area contributed by atoms with Crippen molar-refractivity contribution in [3.8, 4) is 0 Å². The van der Waals surface area contributed by atoms with Crippen LogP contribution >= 0.6 is 0 Å². The minimum atomic E-state index is 0.583. The molecule has 0 heterocycles. The van der Waals surface area contributed by atoms with Crippen LogP contribution in [-0.2, 0) is 4.74 Å². The third-order valence-electron chi connectivity index (χ3n) is 1.25. The Hall–Kier alpha value is -0.660. The van der Waals surface area contributed by atoms with Crippen molar-refractivity contribution in [2.75, 3.05) is 6.61 Å². The maximum absolute atomic E-state index is 5.50. The number of allylic oxidation sites excluding steroid dienone is 1. The van der Waals surface area contributed by atoms with Crippen molar-refractivity contribution in [1.82, 2.24) is 0 Å². The van der Waals surface area contributed by atoms with Gasteiger partial charge >= 0.3 is 0 Å². The summed E-state index contributed by atoms with van der Waals surface area (Å²) in [5.41, 5.74) is 6.62. The van der Waals surface area contributed by atoms with Gasteiger partial charge in [-0.1, -0.05) is 6.92 Å². The van der Waals surface area contributed by atoms with Crippen LogP contribution in [0.4, 0.5) is 0 Å². The molecule has 9 heavy (non-hydrogen) atoms. The lowest BCUT2D eigenvalue weighted by Crippen LogP contribution is -2.04. The molecule has 0 radical (unpaired) electrons. The molecule has 0 aromatic rings. The first-order valence-corrected chi connectivity index (χ1v) is 3.30. The van der Waals surface area contributed by atoms with Gasteiger partial charge < -0.3 is 10.5 Å². The zero-order valence-electron chi connectivity index (χ0n) is 6.40. The predicted molar refractivity (Wildman–Crippen MR) is 38.8 cm³/mol. The highest BCUT2D eigenvalue weighted by atomic mass is 16.5. The molecule has 0 amide bonds. The Labute approximate surface area is 56.7 Å². The first-order chi connectivity index (χ1) is 4.22. The summed E-state index contributed by atoms with van der Waals surface area (Å²) in [6, 6.07) is 0. The van der Waals surface area contributed by atoms with E-state index in [1.165, 1.54) is 0 Å². The Morgan fingerprint density at radius 3 is 2.33 bits per heavy atom. The summed E-state index contributed by atoms with van der Waals surface area (Å²) in [7, 11) is 0. The second-order valence-corrected chi connectivity index (χ2v) is 1.93. The lowest BCUT2D eigenvalue weighted by molar-refractivity contribution is 0.221. The van der Waals surface area contributed by atoms with Crippen LogP contribution in [0.25, 0.3) is 0 Å². The summed E-state index contributed by atoms with van der Waals surface area (Å²) >= 11 is 0. The molecular formula is C7H15NO. The fraction of sp³-hybridized carbons (Fsp3) is 0.714. The monoisotopic (exact) mass is 129 g/mol. The largest absolute Gasteiger partial charge is 0.480 e. The quantitative estimate of drug-likeness (QED) is 0.588. The van der Waals surface area contributed by atoms with Gasteiger partial charge in [-0.05, 0) is 25.8 Å². The standard InChI is InChI=1S/C7H15NO/c1-4-6(3)7(8)9-5-2/h4-5,8H2,1-3H3/b7-6+. The Morgan fingerprint density at radius 2 is 2.00 bits per heavy atom. The van der Waals surface area contributed by atoms with Gasteiger partial charge in [0.1, 0.15) is 0 Å². The SMILES string of the molecule is CCO/C(N)=C(\C)CC. The maximum Gasteiger partial charge on any atom is 0.182 e. The van der Waals surface area contributed by atoms with E-state index >= 15 is 0 Å². The summed E-state index contributed by atoms with van der Waals surface area (Å²) in [4.78, 5) is 0. The van der Waals surface area contributed by atoms with Gasteiger partial charge in [-0.25, -0.2) is 0 Å². The summed E-state index contributed by atoms with van der Waals surface area (Å²) in [5, 5.41) is 0. The Balaban J connectivity index is 3.78. The van der Waals surface area contributed by atoms with Crippen molar-refractivity contribution in [3.63, 3.8) is 0 Å². The van der Waals surface area contributed by atoms with Gasteiger partial charge in [0.25, 0.3) is 0 Å². The molecule has 0 rings (SSSR count). The van der Waals surface area contributed by atoms with Crippen molar-refractivity contribution in [1.29, 1.82) is 0 Å². The van der Waals surface area contributed by atoms with Crippen molar-refractivity contribution >= 4 is 0 Å². The number of hydrogen-bond acceptors (Lipinski definition) is 2. The van der Waals surface area contributed by atoms with E-state index in [1.54, 1.807) is 0 Å². The third kappa shape index (κ3) is 3.01. The van der Waals surface area contributed by atoms with Crippen LogP contribution in [0.3, 0.4) is 0 Å². The van der Waals surface area contributed by atoms with Crippen molar-refractivity contribution in [3.05, 3.63) is 11.5 Å². The second-order valence-electron chi connectivity index (χ2n) is 1.93. The van der Waals surface area contributed by atoms with E-state index in [-0.39, 0.29) is 0 Å². The van der Waals surface area contributed by atoms with Crippen molar-refractivity contribution < 1.29 is 4.74 Å². The van der Waals surface area contributed by atoms with Gasteiger partial charge in [-0.3, -0.25) is 0 Å².